The van der Waals surface area contributed by atoms with Crippen molar-refractivity contribution in [3.63, 3.8) is 0 Å². The van der Waals surface area contributed by atoms with Crippen molar-refractivity contribution in [3.8, 4) is 28.5 Å². The van der Waals surface area contributed by atoms with Crippen LogP contribution in [0.3, 0.4) is 0 Å². The van der Waals surface area contributed by atoms with Crippen LogP contribution in [-0.4, -0.2) is 28.5 Å². The van der Waals surface area contributed by atoms with E-state index < -0.39 is 11.6 Å². The molecule has 0 atom stereocenters. The van der Waals surface area contributed by atoms with E-state index in [0.717, 1.165) is 0 Å². The van der Waals surface area contributed by atoms with Gasteiger partial charge in [0.05, 0.1) is 11.3 Å². The van der Waals surface area contributed by atoms with Gasteiger partial charge in [0.2, 0.25) is 0 Å². The van der Waals surface area contributed by atoms with Gasteiger partial charge in [0, 0.05) is 12.1 Å². The number of aromatic nitrogens is 2. The summed E-state index contributed by atoms with van der Waals surface area (Å²) in [5.41, 5.74) is 5.87. The van der Waals surface area contributed by atoms with Crippen molar-refractivity contribution in [1.29, 1.82) is 0 Å². The van der Waals surface area contributed by atoms with E-state index in [1.54, 1.807) is 0 Å². The Morgan fingerprint density at radius 1 is 1.33 bits per heavy atom. The number of hydrogen-bond acceptors (Lipinski definition) is 5. The Morgan fingerprint density at radius 2 is 2.11 bits per heavy atom. The van der Waals surface area contributed by atoms with Crippen molar-refractivity contribution < 1.29 is 19.0 Å². The lowest BCUT2D eigenvalue weighted by molar-refractivity contribution is 0.170. The van der Waals surface area contributed by atoms with E-state index in [1.165, 1.54) is 12.1 Å². The third-order valence-electron chi connectivity index (χ3n) is 2.62. The molecule has 0 fully saturated rings. The number of nitrogens with two attached hydrogens (primary N) is 1. The third-order valence-corrected chi connectivity index (χ3v) is 2.62. The number of benzene rings is 1. The van der Waals surface area contributed by atoms with Crippen molar-refractivity contribution in [2.45, 2.75) is 0 Å². The molecule has 0 amide bonds. The molecule has 3 rings (SSSR count). The first kappa shape index (κ1) is 10.7. The number of halogens is 1. The number of rotatable bonds is 1. The summed E-state index contributed by atoms with van der Waals surface area (Å²) in [6.07, 6.45) is 0. The smallest absolute Gasteiger partial charge is 0.178 e. The van der Waals surface area contributed by atoms with Gasteiger partial charge in [-0.1, -0.05) is 0 Å². The van der Waals surface area contributed by atoms with Gasteiger partial charge in [-0.25, -0.2) is 4.39 Å². The van der Waals surface area contributed by atoms with Gasteiger partial charge in [-0.2, -0.15) is 5.10 Å². The van der Waals surface area contributed by atoms with Gasteiger partial charge in [0.25, 0.3) is 0 Å². The number of nitrogen functional groups attached to an aromatic ring is 1. The van der Waals surface area contributed by atoms with Gasteiger partial charge in [0.15, 0.2) is 23.1 Å². The van der Waals surface area contributed by atoms with E-state index in [4.69, 9.17) is 15.2 Å². The highest BCUT2D eigenvalue weighted by Gasteiger charge is 2.25. The number of aromatic amines is 1. The van der Waals surface area contributed by atoms with Gasteiger partial charge in [-0.15, -0.1) is 0 Å². The minimum Gasteiger partial charge on any atom is -0.505 e. The molecule has 0 spiro atoms. The molecule has 0 saturated carbocycles. The molecule has 0 radical (unpaired) electrons. The van der Waals surface area contributed by atoms with E-state index in [9.17, 15) is 9.50 Å². The maximum Gasteiger partial charge on any atom is 0.178 e. The summed E-state index contributed by atoms with van der Waals surface area (Å²) in [6, 6.07) is 2.64. The number of phenols is 1. The number of H-pyrrole nitrogens is 1. The van der Waals surface area contributed by atoms with E-state index in [-0.39, 0.29) is 17.1 Å². The molecule has 1 aliphatic rings. The number of fused-ring (bicyclic) bond motifs is 1. The molecule has 0 saturated heterocycles. The molecule has 2 heterocycles. The van der Waals surface area contributed by atoms with Crippen LogP contribution in [0, 0.1) is 5.82 Å². The summed E-state index contributed by atoms with van der Waals surface area (Å²) in [5.74, 6) is -0.563. The van der Waals surface area contributed by atoms with Crippen LogP contribution in [0.2, 0.25) is 0 Å². The van der Waals surface area contributed by atoms with E-state index >= 15 is 0 Å². The molecule has 7 heteroatoms. The molecule has 4 N–H and O–H groups in total. The first-order valence-electron chi connectivity index (χ1n) is 5.29. The number of aromatic hydroxyl groups is 1. The molecule has 1 aliphatic heterocycles. The number of nitrogens with one attached hydrogen (secondary N) is 1. The molecular weight excluding hydrogens is 241 g/mol. The number of phenolic OH excluding ortho intramolecular Hbond substituents is 1. The average Bonchev–Trinajstić information content (AvgIpc) is 2.77. The lowest BCUT2D eigenvalue weighted by atomic mass is 10.1. The monoisotopic (exact) mass is 251 g/mol. The summed E-state index contributed by atoms with van der Waals surface area (Å²) in [4.78, 5) is 0. The van der Waals surface area contributed by atoms with Gasteiger partial charge in [-0.3, -0.25) is 5.10 Å². The van der Waals surface area contributed by atoms with Gasteiger partial charge >= 0.3 is 0 Å². The largest absolute Gasteiger partial charge is 0.505 e. The minimum atomic E-state index is -0.803. The van der Waals surface area contributed by atoms with Crippen molar-refractivity contribution in [1.82, 2.24) is 10.2 Å². The standard InChI is InChI=1S/C11H10FN3O3/c12-10-6(16)4-7-11(18-2-1-17-7)9(10)5-3-8(13)15-14-5/h3-4,16H,1-2H2,(H3,13,14,15). The molecule has 1 aromatic heterocycles. The predicted octanol–water partition coefficient (Wildman–Crippen LogP) is 1.27. The molecule has 2 aromatic rings. The second-order valence-electron chi connectivity index (χ2n) is 3.82. The van der Waals surface area contributed by atoms with E-state index in [2.05, 4.69) is 10.2 Å². The zero-order valence-corrected chi connectivity index (χ0v) is 9.24. The van der Waals surface area contributed by atoms with Crippen LogP contribution < -0.4 is 15.2 Å². The Labute approximate surface area is 101 Å². The maximum atomic E-state index is 14.0. The van der Waals surface area contributed by atoms with Crippen molar-refractivity contribution in [2.24, 2.45) is 0 Å². The second-order valence-corrected chi connectivity index (χ2v) is 3.82. The fraction of sp³-hybridized carbons (Fsp3) is 0.182. The lowest BCUT2D eigenvalue weighted by Crippen LogP contribution is -2.16. The van der Waals surface area contributed by atoms with E-state index in [0.29, 0.717) is 24.7 Å². The Morgan fingerprint density at radius 3 is 2.83 bits per heavy atom. The summed E-state index contributed by atoms with van der Waals surface area (Å²) in [5, 5.41) is 15.8. The summed E-state index contributed by atoms with van der Waals surface area (Å²) >= 11 is 0. The number of hydrogen-bond donors (Lipinski definition) is 3. The van der Waals surface area contributed by atoms with E-state index in [1.807, 2.05) is 0 Å². The third kappa shape index (κ3) is 1.52. The fourth-order valence-electron chi connectivity index (χ4n) is 1.86. The quantitative estimate of drug-likeness (QED) is 0.709. The van der Waals surface area contributed by atoms with Crippen molar-refractivity contribution >= 4 is 5.82 Å². The summed E-state index contributed by atoms with van der Waals surface area (Å²) < 4.78 is 24.7. The first-order chi connectivity index (χ1) is 8.66. The van der Waals surface area contributed by atoms with Crippen LogP contribution in [-0.2, 0) is 0 Å². The number of anilines is 1. The Bertz CT molecular complexity index is 612. The predicted molar refractivity (Wildman–Crippen MR) is 61.0 cm³/mol. The van der Waals surface area contributed by atoms with Crippen LogP contribution >= 0.6 is 0 Å². The zero-order chi connectivity index (χ0) is 12.7. The molecule has 0 aliphatic carbocycles. The van der Waals surface area contributed by atoms with Crippen molar-refractivity contribution in [2.75, 3.05) is 18.9 Å². The molecule has 94 valence electrons. The Hall–Kier alpha value is -2.44. The Kier molecular flexibility index (Phi) is 2.26. The highest BCUT2D eigenvalue weighted by Crippen LogP contribution is 2.45. The molecule has 18 heavy (non-hydrogen) atoms. The topological polar surface area (TPSA) is 93.4 Å². The molecule has 1 aromatic carbocycles. The minimum absolute atomic E-state index is 0.0638. The lowest BCUT2D eigenvalue weighted by Gasteiger charge is -2.21. The SMILES string of the molecule is Nc1cc(-c2c(F)c(O)cc3c2OCCO3)[nH]n1. The van der Waals surface area contributed by atoms with Crippen LogP contribution in [0.1, 0.15) is 0 Å². The van der Waals surface area contributed by atoms with Crippen LogP contribution in [0.25, 0.3) is 11.3 Å². The van der Waals surface area contributed by atoms with Gasteiger partial charge in [0.1, 0.15) is 19.0 Å². The normalized spacial score (nSPS) is 13.6. The molecule has 0 unspecified atom stereocenters. The van der Waals surface area contributed by atoms with Crippen LogP contribution in [0.4, 0.5) is 10.2 Å². The average molecular weight is 251 g/mol. The van der Waals surface area contributed by atoms with Gasteiger partial charge in [-0.05, 0) is 0 Å². The number of nitrogens with zero attached hydrogens (tertiary/aromatic N) is 1. The molecule has 0 bridgehead atoms. The number of ether oxygens (including phenoxy) is 2. The maximum absolute atomic E-state index is 14.0. The zero-order valence-electron chi connectivity index (χ0n) is 9.24. The molecule has 6 nitrogen and oxygen atoms in total. The fourth-order valence-corrected chi connectivity index (χ4v) is 1.86. The van der Waals surface area contributed by atoms with Crippen molar-refractivity contribution in [3.05, 3.63) is 17.9 Å². The highest BCUT2D eigenvalue weighted by atomic mass is 19.1. The summed E-state index contributed by atoms with van der Waals surface area (Å²) in [6.45, 7) is 0.663. The van der Waals surface area contributed by atoms with Crippen LogP contribution in [0.15, 0.2) is 12.1 Å². The summed E-state index contributed by atoms with van der Waals surface area (Å²) in [7, 11) is 0. The highest BCUT2D eigenvalue weighted by molar-refractivity contribution is 5.75. The second kappa shape index (κ2) is 3.80. The first-order valence-corrected chi connectivity index (χ1v) is 5.29. The van der Waals surface area contributed by atoms with Gasteiger partial charge < -0.3 is 20.3 Å². The molecular formula is C11H10FN3O3. The Balaban J connectivity index is 2.26. The van der Waals surface area contributed by atoms with Crippen LogP contribution in [0.5, 0.6) is 17.2 Å².